The molecule has 0 spiro atoms. The van der Waals surface area contributed by atoms with Crippen LogP contribution in [0.4, 0.5) is 10.1 Å². The van der Waals surface area contributed by atoms with E-state index in [0.717, 1.165) is 25.3 Å². The van der Waals surface area contributed by atoms with Crippen molar-refractivity contribution in [1.29, 1.82) is 0 Å². The Morgan fingerprint density at radius 3 is 2.54 bits per heavy atom. The predicted octanol–water partition coefficient (Wildman–Crippen LogP) is 3.91. The summed E-state index contributed by atoms with van der Waals surface area (Å²) in [7, 11) is -3.61. The Balaban J connectivity index is 1.83. The maximum absolute atomic E-state index is 13.8. The van der Waals surface area contributed by atoms with Gasteiger partial charge in [-0.15, -0.1) is 0 Å². The highest BCUT2D eigenvalue weighted by Gasteiger charge is 2.26. The van der Waals surface area contributed by atoms with Crippen molar-refractivity contribution in [3.63, 3.8) is 0 Å². The molecule has 8 heteroatoms. The van der Waals surface area contributed by atoms with Crippen LogP contribution in [-0.4, -0.2) is 31.7 Å². The molecule has 1 saturated heterocycles. The number of amides is 1. The van der Waals surface area contributed by atoms with Crippen molar-refractivity contribution in [2.75, 3.05) is 18.4 Å². The van der Waals surface area contributed by atoms with Gasteiger partial charge in [0.25, 0.3) is 5.91 Å². The zero-order chi connectivity index (χ0) is 18.7. The molecule has 0 unspecified atom stereocenters. The van der Waals surface area contributed by atoms with Crippen molar-refractivity contribution < 1.29 is 17.6 Å². The third kappa shape index (κ3) is 4.06. The molecule has 0 saturated carbocycles. The Morgan fingerprint density at radius 2 is 1.81 bits per heavy atom. The molecule has 26 heavy (non-hydrogen) atoms. The second kappa shape index (κ2) is 7.73. The first-order valence-electron chi connectivity index (χ1n) is 8.24. The summed E-state index contributed by atoms with van der Waals surface area (Å²) in [5, 5.41) is 2.76. The molecule has 1 heterocycles. The SMILES string of the molecule is O=C(Nc1cccc(S(=O)(=O)N2CCCCC2)c1)c1cc(Cl)ccc1F. The summed E-state index contributed by atoms with van der Waals surface area (Å²) in [6.07, 6.45) is 2.70. The number of anilines is 1. The van der Waals surface area contributed by atoms with Crippen molar-refractivity contribution in [2.24, 2.45) is 0 Å². The Morgan fingerprint density at radius 1 is 1.08 bits per heavy atom. The summed E-state index contributed by atoms with van der Waals surface area (Å²) >= 11 is 5.80. The van der Waals surface area contributed by atoms with E-state index in [-0.39, 0.29) is 21.2 Å². The summed E-state index contributed by atoms with van der Waals surface area (Å²) in [6.45, 7) is 0.985. The van der Waals surface area contributed by atoms with Crippen LogP contribution in [0, 0.1) is 5.82 Å². The maximum atomic E-state index is 13.8. The molecule has 0 atom stereocenters. The summed E-state index contributed by atoms with van der Waals surface area (Å²) in [5.41, 5.74) is 0.0641. The first kappa shape index (κ1) is 18.8. The number of sulfonamides is 1. The van der Waals surface area contributed by atoms with Gasteiger partial charge < -0.3 is 5.32 Å². The van der Waals surface area contributed by atoms with E-state index >= 15 is 0 Å². The van der Waals surface area contributed by atoms with E-state index in [1.807, 2.05) is 0 Å². The van der Waals surface area contributed by atoms with Gasteiger partial charge in [0.1, 0.15) is 5.82 Å². The fraction of sp³-hybridized carbons (Fsp3) is 0.278. The third-order valence-electron chi connectivity index (χ3n) is 4.22. The normalized spacial score (nSPS) is 15.6. The van der Waals surface area contributed by atoms with E-state index in [1.165, 1.54) is 28.6 Å². The number of carbonyl (C=O) groups excluding carboxylic acids is 1. The van der Waals surface area contributed by atoms with Crippen LogP contribution in [0.15, 0.2) is 47.4 Å². The number of halogens is 2. The summed E-state index contributed by atoms with van der Waals surface area (Å²) in [4.78, 5) is 12.4. The van der Waals surface area contributed by atoms with E-state index in [0.29, 0.717) is 13.1 Å². The highest BCUT2D eigenvalue weighted by molar-refractivity contribution is 7.89. The monoisotopic (exact) mass is 396 g/mol. The molecule has 2 aromatic carbocycles. The average Bonchev–Trinajstić information content (AvgIpc) is 2.64. The van der Waals surface area contributed by atoms with Crippen LogP contribution in [0.2, 0.25) is 5.02 Å². The topological polar surface area (TPSA) is 66.5 Å². The van der Waals surface area contributed by atoms with Crippen molar-refractivity contribution in [3.05, 3.63) is 58.9 Å². The van der Waals surface area contributed by atoms with Crippen LogP contribution in [0.25, 0.3) is 0 Å². The molecule has 0 aliphatic carbocycles. The first-order chi connectivity index (χ1) is 12.4. The van der Waals surface area contributed by atoms with Crippen molar-refractivity contribution in [1.82, 2.24) is 4.31 Å². The molecule has 2 aromatic rings. The number of nitrogens with zero attached hydrogens (tertiary/aromatic N) is 1. The Kier molecular flexibility index (Phi) is 5.60. The number of benzene rings is 2. The third-order valence-corrected chi connectivity index (χ3v) is 6.35. The molecule has 5 nitrogen and oxygen atoms in total. The van der Waals surface area contributed by atoms with Crippen molar-refractivity contribution >= 4 is 33.2 Å². The largest absolute Gasteiger partial charge is 0.322 e. The van der Waals surface area contributed by atoms with Gasteiger partial charge in [-0.25, -0.2) is 12.8 Å². The van der Waals surface area contributed by atoms with Gasteiger partial charge >= 0.3 is 0 Å². The van der Waals surface area contributed by atoms with Gasteiger partial charge in [-0.3, -0.25) is 4.79 Å². The van der Waals surface area contributed by atoms with Gasteiger partial charge in [0.2, 0.25) is 10.0 Å². The van der Waals surface area contributed by atoms with Gasteiger partial charge in [0, 0.05) is 23.8 Å². The lowest BCUT2D eigenvalue weighted by atomic mass is 10.2. The molecule has 0 bridgehead atoms. The highest BCUT2D eigenvalue weighted by atomic mass is 35.5. The molecule has 138 valence electrons. The zero-order valence-electron chi connectivity index (χ0n) is 13.9. The number of carbonyl (C=O) groups is 1. The molecular formula is C18H18ClFN2O3S. The van der Waals surface area contributed by atoms with Gasteiger partial charge in [0.15, 0.2) is 0 Å². The van der Waals surface area contributed by atoms with Gasteiger partial charge in [-0.2, -0.15) is 4.31 Å². The van der Waals surface area contributed by atoms with Crippen molar-refractivity contribution in [3.8, 4) is 0 Å². The van der Waals surface area contributed by atoms with Crippen LogP contribution in [0.1, 0.15) is 29.6 Å². The van der Waals surface area contributed by atoms with Crippen LogP contribution < -0.4 is 5.32 Å². The van der Waals surface area contributed by atoms with Gasteiger partial charge in [-0.05, 0) is 49.2 Å². The highest BCUT2D eigenvalue weighted by Crippen LogP contribution is 2.23. The van der Waals surface area contributed by atoms with Crippen LogP contribution in [0.3, 0.4) is 0 Å². The molecule has 1 amide bonds. The summed E-state index contributed by atoms with van der Waals surface area (Å²) in [6, 6.07) is 9.63. The number of piperidine rings is 1. The molecular weight excluding hydrogens is 379 g/mol. The van der Waals surface area contributed by atoms with E-state index in [2.05, 4.69) is 5.32 Å². The second-order valence-corrected chi connectivity index (χ2v) is 8.45. The molecule has 1 aliphatic heterocycles. The molecule has 1 fully saturated rings. The van der Waals surface area contributed by atoms with Crippen LogP contribution >= 0.6 is 11.6 Å². The smallest absolute Gasteiger partial charge is 0.258 e. The maximum Gasteiger partial charge on any atom is 0.258 e. The van der Waals surface area contributed by atoms with E-state index in [9.17, 15) is 17.6 Å². The Labute approximate surface area is 156 Å². The standard InChI is InChI=1S/C18H18ClFN2O3S/c19-13-7-8-17(20)16(11-13)18(23)21-14-5-4-6-15(12-14)26(24,25)22-9-2-1-3-10-22/h4-8,11-12H,1-3,9-10H2,(H,21,23). The van der Waals surface area contributed by atoms with E-state index < -0.39 is 21.7 Å². The lowest BCUT2D eigenvalue weighted by Crippen LogP contribution is -2.35. The van der Waals surface area contributed by atoms with Crippen molar-refractivity contribution in [2.45, 2.75) is 24.2 Å². The number of hydrogen-bond donors (Lipinski definition) is 1. The molecule has 1 aliphatic rings. The molecule has 0 aromatic heterocycles. The lowest BCUT2D eigenvalue weighted by molar-refractivity contribution is 0.102. The second-order valence-electron chi connectivity index (χ2n) is 6.07. The fourth-order valence-corrected chi connectivity index (χ4v) is 4.59. The Bertz CT molecular complexity index is 928. The number of nitrogens with one attached hydrogen (secondary N) is 1. The van der Waals surface area contributed by atoms with Crippen LogP contribution in [0.5, 0.6) is 0 Å². The molecule has 3 rings (SSSR count). The van der Waals surface area contributed by atoms with E-state index in [1.54, 1.807) is 12.1 Å². The molecule has 0 radical (unpaired) electrons. The van der Waals surface area contributed by atoms with Gasteiger partial charge in [-0.1, -0.05) is 24.1 Å². The zero-order valence-corrected chi connectivity index (χ0v) is 15.5. The minimum absolute atomic E-state index is 0.101. The predicted molar refractivity (Wildman–Crippen MR) is 98.4 cm³/mol. The fourth-order valence-electron chi connectivity index (χ4n) is 2.86. The van der Waals surface area contributed by atoms with E-state index in [4.69, 9.17) is 11.6 Å². The quantitative estimate of drug-likeness (QED) is 0.852. The summed E-state index contributed by atoms with van der Waals surface area (Å²) in [5.74, 6) is -1.40. The molecule has 1 N–H and O–H groups in total. The number of hydrogen-bond acceptors (Lipinski definition) is 3. The van der Waals surface area contributed by atoms with Crippen LogP contribution in [-0.2, 0) is 10.0 Å². The van der Waals surface area contributed by atoms with Gasteiger partial charge in [0.05, 0.1) is 10.5 Å². The lowest BCUT2D eigenvalue weighted by Gasteiger charge is -2.26. The average molecular weight is 397 g/mol. The summed E-state index contributed by atoms with van der Waals surface area (Å²) < 4.78 is 40.7. The Hall–Kier alpha value is -1.96. The number of rotatable bonds is 4. The minimum atomic E-state index is -3.61. The first-order valence-corrected chi connectivity index (χ1v) is 10.1. The minimum Gasteiger partial charge on any atom is -0.322 e.